The molecule has 0 aromatic heterocycles. The zero-order valence-electron chi connectivity index (χ0n) is 12.4. The van der Waals surface area contributed by atoms with Gasteiger partial charge in [0, 0.05) is 13.1 Å². The molecule has 0 atom stereocenters. The van der Waals surface area contributed by atoms with Crippen LogP contribution in [-0.2, 0) is 17.8 Å². The Bertz CT molecular complexity index is 375. The first kappa shape index (κ1) is 16.6. The molecule has 0 amide bonds. The van der Waals surface area contributed by atoms with Crippen molar-refractivity contribution in [2.24, 2.45) is 0 Å². The number of benzene rings is 1. The van der Waals surface area contributed by atoms with Crippen LogP contribution in [-0.4, -0.2) is 25.0 Å². The van der Waals surface area contributed by atoms with E-state index in [1.54, 1.807) is 0 Å². The molecule has 0 spiro atoms. The Hall–Kier alpha value is -1.35. The highest BCUT2D eigenvalue weighted by Crippen LogP contribution is 2.22. The van der Waals surface area contributed by atoms with Crippen molar-refractivity contribution in [3.8, 4) is 0 Å². The highest BCUT2D eigenvalue weighted by atomic mass is 16.5. The van der Waals surface area contributed by atoms with Gasteiger partial charge < -0.3 is 4.74 Å². The van der Waals surface area contributed by atoms with Gasteiger partial charge in [0.25, 0.3) is 0 Å². The van der Waals surface area contributed by atoms with Gasteiger partial charge in [-0.2, -0.15) is 0 Å². The van der Waals surface area contributed by atoms with Gasteiger partial charge in [0.1, 0.15) is 0 Å². The number of carbonyl (C=O) groups is 1. The third kappa shape index (κ3) is 4.15. The Morgan fingerprint density at radius 3 is 2.22 bits per heavy atom. The molecule has 1 aromatic carbocycles. The van der Waals surface area contributed by atoms with Gasteiger partial charge >= 0.3 is 5.97 Å². The second kappa shape index (κ2) is 8.70. The molecule has 0 fully saturated rings. The molecule has 0 N–H and O–H groups in total. The molecule has 1 aliphatic rings. The van der Waals surface area contributed by atoms with E-state index in [0.717, 1.165) is 13.1 Å². The highest BCUT2D eigenvalue weighted by molar-refractivity contribution is 5.89. The number of carbonyl (C=O) groups excluding carboxylic acids is 1. The summed E-state index contributed by atoms with van der Waals surface area (Å²) in [6.07, 6.45) is 0. The number of fused-ring (bicyclic) bond motifs is 1. The molecule has 1 aliphatic heterocycles. The molecule has 1 aromatic rings. The smallest absolute Gasteiger partial charge is 0.337 e. The summed E-state index contributed by atoms with van der Waals surface area (Å²) in [5.41, 5.74) is 3.18. The van der Waals surface area contributed by atoms with Crippen LogP contribution in [0, 0.1) is 0 Å². The number of hydrogen-bond donors (Lipinski definition) is 0. The average Bonchev–Trinajstić information content (AvgIpc) is 2.81. The van der Waals surface area contributed by atoms with E-state index in [4.69, 9.17) is 0 Å². The van der Waals surface area contributed by atoms with E-state index in [-0.39, 0.29) is 5.97 Å². The average molecular weight is 251 g/mol. The van der Waals surface area contributed by atoms with Crippen LogP contribution in [0.25, 0.3) is 0 Å². The van der Waals surface area contributed by atoms with Crippen LogP contribution in [0.1, 0.15) is 49.2 Å². The SMILES string of the molecule is CC.CC.COC(=O)c1ccc2c(c1)CN(C)C2. The van der Waals surface area contributed by atoms with Gasteiger partial charge in [-0.1, -0.05) is 33.8 Å². The van der Waals surface area contributed by atoms with Crippen LogP contribution in [0.2, 0.25) is 0 Å². The maximum absolute atomic E-state index is 11.3. The lowest BCUT2D eigenvalue weighted by Gasteiger charge is -2.02. The highest BCUT2D eigenvalue weighted by Gasteiger charge is 2.17. The first-order chi connectivity index (χ1) is 8.70. The fourth-order valence-electron chi connectivity index (χ4n) is 1.81. The number of hydrogen-bond acceptors (Lipinski definition) is 3. The molecule has 3 nitrogen and oxygen atoms in total. The molecular weight excluding hydrogens is 226 g/mol. The Labute approximate surface area is 111 Å². The van der Waals surface area contributed by atoms with Crippen molar-refractivity contribution in [1.29, 1.82) is 0 Å². The minimum Gasteiger partial charge on any atom is -0.465 e. The molecule has 3 heteroatoms. The van der Waals surface area contributed by atoms with Crippen molar-refractivity contribution in [2.75, 3.05) is 14.2 Å². The van der Waals surface area contributed by atoms with E-state index in [1.807, 2.05) is 45.9 Å². The van der Waals surface area contributed by atoms with Gasteiger partial charge in [-0.15, -0.1) is 0 Å². The standard InChI is InChI=1S/C11H13NO2.2C2H6/c1-12-6-9-4-3-8(11(13)14-2)5-10(9)7-12;2*1-2/h3-5H,6-7H2,1-2H3;2*1-2H3. The van der Waals surface area contributed by atoms with Crippen LogP contribution in [0.3, 0.4) is 0 Å². The van der Waals surface area contributed by atoms with E-state index in [9.17, 15) is 4.79 Å². The predicted molar refractivity (Wildman–Crippen MR) is 75.6 cm³/mol. The van der Waals surface area contributed by atoms with E-state index < -0.39 is 0 Å². The van der Waals surface area contributed by atoms with Crippen molar-refractivity contribution in [3.05, 3.63) is 34.9 Å². The summed E-state index contributed by atoms with van der Waals surface area (Å²) < 4.78 is 4.67. The van der Waals surface area contributed by atoms with Crippen LogP contribution in [0.4, 0.5) is 0 Å². The van der Waals surface area contributed by atoms with Crippen molar-refractivity contribution in [2.45, 2.75) is 40.8 Å². The second-order valence-electron chi connectivity index (χ2n) is 3.65. The molecular formula is C15H25NO2. The topological polar surface area (TPSA) is 29.5 Å². The first-order valence-corrected chi connectivity index (χ1v) is 6.59. The van der Waals surface area contributed by atoms with Crippen LogP contribution < -0.4 is 0 Å². The zero-order valence-corrected chi connectivity index (χ0v) is 12.4. The third-order valence-electron chi connectivity index (χ3n) is 2.51. The quantitative estimate of drug-likeness (QED) is 0.716. The molecule has 0 bridgehead atoms. The van der Waals surface area contributed by atoms with Gasteiger partial charge in [-0.25, -0.2) is 4.79 Å². The number of ether oxygens (including phenoxy) is 1. The molecule has 0 saturated heterocycles. The number of nitrogens with zero attached hydrogens (tertiary/aromatic N) is 1. The second-order valence-corrected chi connectivity index (χ2v) is 3.65. The molecule has 1 heterocycles. The number of methoxy groups -OCH3 is 1. The molecule has 0 saturated carbocycles. The van der Waals surface area contributed by atoms with Gasteiger partial charge in [-0.3, -0.25) is 4.90 Å². The summed E-state index contributed by atoms with van der Waals surface area (Å²) in [6.45, 7) is 9.89. The van der Waals surface area contributed by atoms with Crippen LogP contribution in [0.15, 0.2) is 18.2 Å². The van der Waals surface area contributed by atoms with Gasteiger partial charge in [0.15, 0.2) is 0 Å². The Morgan fingerprint density at radius 2 is 1.67 bits per heavy atom. The Morgan fingerprint density at radius 1 is 1.11 bits per heavy atom. The van der Waals surface area contributed by atoms with Crippen molar-refractivity contribution in [3.63, 3.8) is 0 Å². The largest absolute Gasteiger partial charge is 0.465 e. The summed E-state index contributed by atoms with van der Waals surface area (Å²) >= 11 is 0. The van der Waals surface area contributed by atoms with Crippen molar-refractivity contribution >= 4 is 5.97 Å². The molecule has 0 unspecified atom stereocenters. The predicted octanol–water partition coefficient (Wildman–Crippen LogP) is 3.47. The van der Waals surface area contributed by atoms with E-state index in [1.165, 1.54) is 18.2 Å². The minimum absolute atomic E-state index is 0.262. The lowest BCUT2D eigenvalue weighted by molar-refractivity contribution is 0.0600. The monoisotopic (exact) mass is 251 g/mol. The summed E-state index contributed by atoms with van der Waals surface area (Å²) in [5, 5.41) is 0. The molecule has 102 valence electrons. The molecule has 2 rings (SSSR count). The zero-order chi connectivity index (χ0) is 14.1. The van der Waals surface area contributed by atoms with E-state index >= 15 is 0 Å². The van der Waals surface area contributed by atoms with Crippen LogP contribution >= 0.6 is 0 Å². The van der Waals surface area contributed by atoms with Crippen molar-refractivity contribution < 1.29 is 9.53 Å². The summed E-state index contributed by atoms with van der Waals surface area (Å²) in [5.74, 6) is -0.262. The molecule has 0 radical (unpaired) electrons. The minimum atomic E-state index is -0.262. The maximum Gasteiger partial charge on any atom is 0.337 e. The number of esters is 1. The maximum atomic E-state index is 11.3. The lowest BCUT2D eigenvalue weighted by atomic mass is 10.1. The first-order valence-electron chi connectivity index (χ1n) is 6.59. The molecule has 18 heavy (non-hydrogen) atoms. The van der Waals surface area contributed by atoms with Gasteiger partial charge in [0.2, 0.25) is 0 Å². The van der Waals surface area contributed by atoms with Crippen LogP contribution in [0.5, 0.6) is 0 Å². The van der Waals surface area contributed by atoms with Gasteiger partial charge in [-0.05, 0) is 30.3 Å². The third-order valence-corrected chi connectivity index (χ3v) is 2.51. The molecule has 0 aliphatic carbocycles. The lowest BCUT2D eigenvalue weighted by Crippen LogP contribution is -2.07. The Balaban J connectivity index is 0.000000659. The summed E-state index contributed by atoms with van der Waals surface area (Å²) in [6, 6.07) is 5.75. The fourth-order valence-corrected chi connectivity index (χ4v) is 1.81. The Kier molecular flexibility index (Phi) is 8.05. The summed E-state index contributed by atoms with van der Waals surface area (Å²) in [7, 11) is 3.47. The fraction of sp³-hybridized carbons (Fsp3) is 0.533. The van der Waals surface area contributed by atoms with Crippen molar-refractivity contribution in [1.82, 2.24) is 4.90 Å². The normalized spacial score (nSPS) is 12.6. The van der Waals surface area contributed by atoms with E-state index in [2.05, 4.69) is 16.7 Å². The van der Waals surface area contributed by atoms with E-state index in [0.29, 0.717) is 5.56 Å². The van der Waals surface area contributed by atoms with Gasteiger partial charge in [0.05, 0.1) is 12.7 Å². The summed E-state index contributed by atoms with van der Waals surface area (Å²) in [4.78, 5) is 13.5. The number of rotatable bonds is 1.